The first-order valence-electron chi connectivity index (χ1n) is 7.44. The fourth-order valence-corrected chi connectivity index (χ4v) is 1.79. The van der Waals surface area contributed by atoms with E-state index in [0.29, 0.717) is 12.4 Å². The van der Waals surface area contributed by atoms with E-state index >= 15 is 0 Å². The first-order chi connectivity index (χ1) is 11.2. The molecule has 23 heavy (non-hydrogen) atoms. The Bertz CT molecular complexity index is 642. The average Bonchev–Trinajstić information content (AvgIpc) is 3.02. The van der Waals surface area contributed by atoms with E-state index in [1.807, 2.05) is 37.3 Å². The summed E-state index contributed by atoms with van der Waals surface area (Å²) in [4.78, 5) is 24.3. The van der Waals surface area contributed by atoms with E-state index in [0.717, 1.165) is 12.0 Å². The van der Waals surface area contributed by atoms with Gasteiger partial charge in [-0.25, -0.2) is 0 Å². The van der Waals surface area contributed by atoms with Crippen molar-refractivity contribution in [1.82, 2.24) is 25.5 Å². The van der Waals surface area contributed by atoms with Crippen molar-refractivity contribution in [2.75, 3.05) is 13.2 Å². The lowest BCUT2D eigenvalue weighted by Crippen LogP contribution is -2.30. The number of aromatic nitrogens is 4. The van der Waals surface area contributed by atoms with Gasteiger partial charge in [0.1, 0.15) is 6.54 Å². The SMILES string of the molecule is CCCOC(=O)CCNC(=O)Cn1nnc(-c2ccccc2)n1. The number of rotatable bonds is 8. The van der Waals surface area contributed by atoms with E-state index in [1.165, 1.54) is 4.80 Å². The molecule has 1 N–H and O–H groups in total. The van der Waals surface area contributed by atoms with Crippen LogP contribution in [0.4, 0.5) is 0 Å². The molecule has 8 nitrogen and oxygen atoms in total. The van der Waals surface area contributed by atoms with Crippen molar-refractivity contribution in [3.63, 3.8) is 0 Å². The van der Waals surface area contributed by atoms with Crippen LogP contribution in [-0.2, 0) is 20.9 Å². The number of hydrogen-bond donors (Lipinski definition) is 1. The Morgan fingerprint density at radius 1 is 1.26 bits per heavy atom. The van der Waals surface area contributed by atoms with Crippen molar-refractivity contribution in [3.05, 3.63) is 30.3 Å². The molecule has 2 aromatic rings. The van der Waals surface area contributed by atoms with Gasteiger partial charge in [-0.2, -0.15) is 4.80 Å². The highest BCUT2D eigenvalue weighted by Gasteiger charge is 2.09. The van der Waals surface area contributed by atoms with E-state index in [4.69, 9.17) is 4.74 Å². The summed E-state index contributed by atoms with van der Waals surface area (Å²) in [5, 5.41) is 14.5. The van der Waals surface area contributed by atoms with Gasteiger partial charge in [0.05, 0.1) is 13.0 Å². The van der Waals surface area contributed by atoms with E-state index in [2.05, 4.69) is 20.7 Å². The average molecular weight is 317 g/mol. The number of carbonyl (C=O) groups excluding carboxylic acids is 2. The Morgan fingerprint density at radius 2 is 2.04 bits per heavy atom. The minimum atomic E-state index is -0.322. The predicted octanol–water partition coefficient (Wildman–Crippen LogP) is 0.800. The third-order valence-electron chi connectivity index (χ3n) is 2.89. The molecule has 0 fully saturated rings. The number of nitrogens with one attached hydrogen (secondary N) is 1. The van der Waals surface area contributed by atoms with E-state index in [-0.39, 0.29) is 31.4 Å². The van der Waals surface area contributed by atoms with E-state index in [1.54, 1.807) is 0 Å². The van der Waals surface area contributed by atoms with Crippen LogP contribution >= 0.6 is 0 Å². The van der Waals surface area contributed by atoms with Crippen LogP contribution in [0.2, 0.25) is 0 Å². The van der Waals surface area contributed by atoms with Crippen LogP contribution in [0, 0.1) is 0 Å². The van der Waals surface area contributed by atoms with Crippen LogP contribution in [0.5, 0.6) is 0 Å². The van der Waals surface area contributed by atoms with Gasteiger partial charge in [-0.3, -0.25) is 9.59 Å². The topological polar surface area (TPSA) is 99.0 Å². The Hall–Kier alpha value is -2.77. The van der Waals surface area contributed by atoms with Gasteiger partial charge in [0.15, 0.2) is 0 Å². The van der Waals surface area contributed by atoms with Gasteiger partial charge < -0.3 is 10.1 Å². The smallest absolute Gasteiger partial charge is 0.307 e. The molecule has 0 unspecified atom stereocenters. The first-order valence-corrected chi connectivity index (χ1v) is 7.44. The quantitative estimate of drug-likeness (QED) is 0.723. The number of hydrogen-bond acceptors (Lipinski definition) is 6. The van der Waals surface area contributed by atoms with Crippen LogP contribution in [0.1, 0.15) is 19.8 Å². The lowest BCUT2D eigenvalue weighted by atomic mass is 10.2. The van der Waals surface area contributed by atoms with Crippen LogP contribution < -0.4 is 5.32 Å². The zero-order valence-electron chi connectivity index (χ0n) is 12.9. The molecule has 0 saturated heterocycles. The molecule has 1 heterocycles. The highest BCUT2D eigenvalue weighted by molar-refractivity contribution is 5.76. The number of amides is 1. The Labute approximate surface area is 133 Å². The maximum atomic E-state index is 11.8. The van der Waals surface area contributed by atoms with Crippen molar-refractivity contribution in [1.29, 1.82) is 0 Å². The monoisotopic (exact) mass is 317 g/mol. The molecule has 1 aromatic heterocycles. The summed E-state index contributed by atoms with van der Waals surface area (Å²) in [7, 11) is 0. The highest BCUT2D eigenvalue weighted by Crippen LogP contribution is 2.11. The number of esters is 1. The number of carbonyl (C=O) groups is 2. The second-order valence-corrected chi connectivity index (χ2v) is 4.83. The van der Waals surface area contributed by atoms with E-state index in [9.17, 15) is 9.59 Å². The molecule has 0 bridgehead atoms. The van der Waals surface area contributed by atoms with E-state index < -0.39 is 0 Å². The van der Waals surface area contributed by atoms with Gasteiger partial charge >= 0.3 is 5.97 Å². The lowest BCUT2D eigenvalue weighted by molar-refractivity contribution is -0.143. The molecule has 0 atom stereocenters. The number of benzene rings is 1. The van der Waals surface area contributed by atoms with Gasteiger partial charge in [0, 0.05) is 12.1 Å². The van der Waals surface area contributed by atoms with Gasteiger partial charge in [0.2, 0.25) is 11.7 Å². The molecule has 0 radical (unpaired) electrons. The van der Waals surface area contributed by atoms with Crippen molar-refractivity contribution < 1.29 is 14.3 Å². The summed E-state index contributed by atoms with van der Waals surface area (Å²) in [6.45, 7) is 2.49. The summed E-state index contributed by atoms with van der Waals surface area (Å²) >= 11 is 0. The molecular formula is C15H19N5O3. The summed E-state index contributed by atoms with van der Waals surface area (Å²) in [6.07, 6.45) is 0.922. The second-order valence-electron chi connectivity index (χ2n) is 4.83. The third-order valence-corrected chi connectivity index (χ3v) is 2.89. The Morgan fingerprint density at radius 3 is 2.78 bits per heavy atom. The van der Waals surface area contributed by atoms with Gasteiger partial charge in [0.25, 0.3) is 0 Å². The van der Waals surface area contributed by atoms with Crippen molar-refractivity contribution in [3.8, 4) is 11.4 Å². The van der Waals surface area contributed by atoms with Crippen molar-refractivity contribution in [2.24, 2.45) is 0 Å². The summed E-state index contributed by atoms with van der Waals surface area (Å²) in [6, 6.07) is 9.38. The molecule has 1 amide bonds. The normalized spacial score (nSPS) is 10.3. The number of nitrogens with zero attached hydrogens (tertiary/aromatic N) is 4. The first kappa shape index (κ1) is 16.6. The van der Waals surface area contributed by atoms with Crippen molar-refractivity contribution in [2.45, 2.75) is 26.3 Å². The molecule has 0 aliphatic carbocycles. The molecule has 0 aliphatic heterocycles. The fourth-order valence-electron chi connectivity index (χ4n) is 1.79. The Balaban J connectivity index is 1.76. The van der Waals surface area contributed by atoms with Gasteiger partial charge in [-0.15, -0.1) is 10.2 Å². The van der Waals surface area contributed by atoms with Gasteiger partial charge in [-0.1, -0.05) is 37.3 Å². The minimum Gasteiger partial charge on any atom is -0.466 e. The highest BCUT2D eigenvalue weighted by atomic mass is 16.5. The minimum absolute atomic E-state index is 0.0517. The zero-order chi connectivity index (χ0) is 16.5. The van der Waals surface area contributed by atoms with Crippen molar-refractivity contribution >= 4 is 11.9 Å². The molecule has 0 aliphatic rings. The fraction of sp³-hybridized carbons (Fsp3) is 0.400. The molecular weight excluding hydrogens is 298 g/mol. The molecule has 122 valence electrons. The molecule has 0 saturated carbocycles. The lowest BCUT2D eigenvalue weighted by Gasteiger charge is -2.04. The summed E-state index contributed by atoms with van der Waals surface area (Å²) < 4.78 is 4.91. The number of tetrazole rings is 1. The summed E-state index contributed by atoms with van der Waals surface area (Å²) in [5.41, 5.74) is 0.831. The maximum absolute atomic E-state index is 11.8. The third kappa shape index (κ3) is 5.50. The molecule has 8 heteroatoms. The largest absolute Gasteiger partial charge is 0.466 e. The van der Waals surface area contributed by atoms with Gasteiger partial charge in [-0.05, 0) is 11.6 Å². The Kier molecular flexibility index (Phi) is 6.22. The van der Waals surface area contributed by atoms with Crippen LogP contribution in [0.15, 0.2) is 30.3 Å². The van der Waals surface area contributed by atoms with Crippen LogP contribution in [-0.4, -0.2) is 45.2 Å². The molecule has 1 aromatic carbocycles. The molecule has 2 rings (SSSR count). The predicted molar refractivity (Wildman–Crippen MR) is 82.1 cm³/mol. The molecule has 0 spiro atoms. The van der Waals surface area contributed by atoms with Crippen LogP contribution in [0.25, 0.3) is 11.4 Å². The maximum Gasteiger partial charge on any atom is 0.307 e. The standard InChI is InChI=1S/C15H19N5O3/c1-2-10-23-14(22)8-9-16-13(21)11-20-18-15(17-19-20)12-6-4-3-5-7-12/h3-7H,2,8-11H2,1H3,(H,16,21). The number of ether oxygens (including phenoxy) is 1. The second kappa shape index (κ2) is 8.62. The summed E-state index contributed by atoms with van der Waals surface area (Å²) in [5.74, 6) is -0.149. The van der Waals surface area contributed by atoms with Crippen LogP contribution in [0.3, 0.4) is 0 Å². The zero-order valence-corrected chi connectivity index (χ0v) is 12.9.